The maximum Gasteiger partial charge on any atom is 0.240 e. The van der Waals surface area contributed by atoms with Crippen molar-refractivity contribution in [3.8, 4) is 11.5 Å². The van der Waals surface area contributed by atoms with Crippen LogP contribution in [0, 0.1) is 11.8 Å². The van der Waals surface area contributed by atoms with Gasteiger partial charge in [0.25, 0.3) is 0 Å². The topological polar surface area (TPSA) is 116 Å². The van der Waals surface area contributed by atoms with Crippen molar-refractivity contribution in [2.75, 3.05) is 26.2 Å². The van der Waals surface area contributed by atoms with Gasteiger partial charge < -0.3 is 15.1 Å². The van der Waals surface area contributed by atoms with E-state index >= 15 is 0 Å². The molecule has 3 aromatic rings. The number of ketones is 2. The van der Waals surface area contributed by atoms with E-state index in [1.807, 2.05) is 4.90 Å². The smallest absolute Gasteiger partial charge is 0.240 e. The lowest BCUT2D eigenvalue weighted by atomic mass is 9.68. The molecule has 1 aliphatic rings. The van der Waals surface area contributed by atoms with Crippen LogP contribution in [0.4, 0.5) is 0 Å². The Kier molecular flexibility index (Phi) is 9.81. The first-order chi connectivity index (χ1) is 19.2. The van der Waals surface area contributed by atoms with E-state index in [2.05, 4.69) is 5.48 Å². The van der Waals surface area contributed by atoms with Gasteiger partial charge in [-0.25, -0.2) is 5.48 Å². The normalized spacial score (nSPS) is 17.9. The first kappa shape index (κ1) is 29.6. The van der Waals surface area contributed by atoms with Gasteiger partial charge in [0, 0.05) is 55.4 Å². The predicted octanol–water partition coefficient (Wildman–Crippen LogP) is 5.26. The Morgan fingerprint density at radius 3 is 1.98 bits per heavy atom. The molecule has 10 heteroatoms. The molecule has 0 bridgehead atoms. The molecule has 0 aliphatic carbocycles. The first-order valence-electron chi connectivity index (χ1n) is 12.9. The minimum absolute atomic E-state index is 0.0432. The fourth-order valence-corrected chi connectivity index (χ4v) is 5.72. The quantitative estimate of drug-likeness (QED) is 0.169. The molecule has 3 aromatic carbocycles. The lowest BCUT2D eigenvalue weighted by molar-refractivity contribution is -0.131. The van der Waals surface area contributed by atoms with E-state index in [-0.39, 0.29) is 40.6 Å². The molecule has 2 atom stereocenters. The average molecular weight is 585 g/mol. The number of nitrogens with zero attached hydrogens (tertiary/aromatic N) is 1. The molecule has 1 amide bonds. The summed E-state index contributed by atoms with van der Waals surface area (Å²) in [5.74, 6) is -2.95. The third-order valence-corrected chi connectivity index (χ3v) is 7.82. The second-order valence-corrected chi connectivity index (χ2v) is 10.6. The summed E-state index contributed by atoms with van der Waals surface area (Å²) >= 11 is 13.1. The Labute approximate surface area is 242 Å². The fraction of sp³-hybridized carbons (Fsp3) is 0.300. The number of carbonyl (C=O) groups excluding carboxylic acids is 3. The zero-order chi connectivity index (χ0) is 28.8. The van der Waals surface area contributed by atoms with E-state index in [1.54, 1.807) is 42.5 Å². The number of Topliss-reactive ketones (excluding diaryl/α,β-unsaturated/α-hetero) is 2. The number of nitrogens with one attached hydrogen (secondary N) is 1. The number of phenols is 2. The molecule has 40 heavy (non-hydrogen) atoms. The first-order valence-corrected chi connectivity index (χ1v) is 13.6. The van der Waals surface area contributed by atoms with E-state index < -0.39 is 17.8 Å². The number of halogens is 2. The van der Waals surface area contributed by atoms with Crippen LogP contribution in [-0.4, -0.2) is 58.8 Å². The van der Waals surface area contributed by atoms with E-state index in [1.165, 1.54) is 31.2 Å². The Bertz CT molecular complexity index is 1330. The fourth-order valence-electron chi connectivity index (χ4n) is 5.28. The van der Waals surface area contributed by atoms with Gasteiger partial charge >= 0.3 is 0 Å². The molecule has 1 aliphatic heterocycles. The minimum atomic E-state index is -0.714. The zero-order valence-electron chi connectivity index (χ0n) is 21.8. The number of hydroxylamine groups is 1. The molecule has 1 fully saturated rings. The zero-order valence-corrected chi connectivity index (χ0v) is 23.4. The van der Waals surface area contributed by atoms with Crippen LogP contribution in [0.3, 0.4) is 0 Å². The summed E-state index contributed by atoms with van der Waals surface area (Å²) in [4.78, 5) is 46.4. The van der Waals surface area contributed by atoms with Gasteiger partial charge in [0.05, 0.1) is 16.7 Å². The van der Waals surface area contributed by atoms with Gasteiger partial charge in [0.15, 0.2) is 11.6 Å². The van der Waals surface area contributed by atoms with Gasteiger partial charge in [-0.3, -0.25) is 19.2 Å². The molecule has 4 rings (SSSR count). The number of carbonyl (C=O) groups is 3. The van der Waals surface area contributed by atoms with Crippen molar-refractivity contribution in [3.63, 3.8) is 0 Å². The highest BCUT2D eigenvalue weighted by Gasteiger charge is 2.45. The number of aromatic hydroxyl groups is 2. The summed E-state index contributed by atoms with van der Waals surface area (Å²) in [6, 6.07) is 17.4. The molecule has 0 unspecified atom stereocenters. The largest absolute Gasteiger partial charge is 0.508 e. The Hall–Kier alpha value is -3.43. The SMILES string of the molecule is CC(=O)NOCCCN1C[C@H](C(=O)c2cccc(O)c2)C(c2cccc(Cl)c2Cl)[C@@H](C(=O)c2cccc(O)c2)C1. The van der Waals surface area contributed by atoms with E-state index in [0.29, 0.717) is 47.8 Å². The van der Waals surface area contributed by atoms with Crippen LogP contribution in [0.15, 0.2) is 66.7 Å². The number of rotatable bonds is 10. The van der Waals surface area contributed by atoms with Crippen molar-refractivity contribution in [2.45, 2.75) is 19.3 Å². The second kappa shape index (κ2) is 13.3. The van der Waals surface area contributed by atoms with Gasteiger partial charge in [-0.05, 0) is 42.3 Å². The maximum atomic E-state index is 14.1. The predicted molar refractivity (Wildman–Crippen MR) is 152 cm³/mol. The molecule has 1 heterocycles. The number of amides is 1. The molecule has 210 valence electrons. The molecule has 0 aromatic heterocycles. The number of likely N-dealkylation sites (tertiary alicyclic amines) is 1. The highest BCUT2D eigenvalue weighted by molar-refractivity contribution is 6.42. The van der Waals surface area contributed by atoms with Crippen LogP contribution >= 0.6 is 23.2 Å². The van der Waals surface area contributed by atoms with Crippen molar-refractivity contribution in [3.05, 3.63) is 93.5 Å². The summed E-state index contributed by atoms with van der Waals surface area (Å²) in [6.07, 6.45) is 0.531. The average Bonchev–Trinajstić information content (AvgIpc) is 2.93. The number of benzene rings is 3. The van der Waals surface area contributed by atoms with Crippen LogP contribution in [0.2, 0.25) is 10.0 Å². The van der Waals surface area contributed by atoms with Gasteiger partial charge in [-0.2, -0.15) is 0 Å². The minimum Gasteiger partial charge on any atom is -0.508 e. The number of phenolic OH excluding ortho intramolecular Hbond substituents is 2. The number of hydrogen-bond donors (Lipinski definition) is 3. The third kappa shape index (κ3) is 7.01. The van der Waals surface area contributed by atoms with Gasteiger partial charge in [-0.15, -0.1) is 0 Å². The van der Waals surface area contributed by atoms with Crippen molar-refractivity contribution in [1.82, 2.24) is 10.4 Å². The molecule has 0 spiro atoms. The van der Waals surface area contributed by atoms with Crippen LogP contribution in [-0.2, 0) is 9.63 Å². The third-order valence-electron chi connectivity index (χ3n) is 6.99. The van der Waals surface area contributed by atoms with E-state index in [9.17, 15) is 24.6 Å². The Morgan fingerprint density at radius 2 is 1.45 bits per heavy atom. The Balaban J connectivity index is 1.76. The van der Waals surface area contributed by atoms with Gasteiger partial charge in [0.1, 0.15) is 11.5 Å². The van der Waals surface area contributed by atoms with Crippen LogP contribution < -0.4 is 5.48 Å². The van der Waals surface area contributed by atoms with Gasteiger partial charge in [0.2, 0.25) is 5.91 Å². The second-order valence-electron chi connectivity index (χ2n) is 9.83. The monoisotopic (exact) mass is 584 g/mol. The molecule has 0 saturated carbocycles. The molecule has 1 saturated heterocycles. The molecular formula is C30H30Cl2N2O6. The molecule has 3 N–H and O–H groups in total. The van der Waals surface area contributed by atoms with Crippen molar-refractivity contribution < 1.29 is 29.4 Å². The lowest BCUT2D eigenvalue weighted by Crippen LogP contribution is -2.50. The summed E-state index contributed by atoms with van der Waals surface area (Å²) in [5.41, 5.74) is 3.50. The molecule has 8 nitrogen and oxygen atoms in total. The number of piperidine rings is 1. The summed E-state index contributed by atoms with van der Waals surface area (Å²) in [7, 11) is 0. The summed E-state index contributed by atoms with van der Waals surface area (Å²) in [6.45, 7) is 2.71. The highest BCUT2D eigenvalue weighted by atomic mass is 35.5. The van der Waals surface area contributed by atoms with Crippen LogP contribution in [0.1, 0.15) is 45.5 Å². The van der Waals surface area contributed by atoms with Crippen molar-refractivity contribution in [2.24, 2.45) is 11.8 Å². The maximum absolute atomic E-state index is 14.1. The molecular weight excluding hydrogens is 555 g/mol. The van der Waals surface area contributed by atoms with E-state index in [4.69, 9.17) is 28.0 Å². The standard InChI is InChI=1S/C30H30Cl2N2O6/c1-18(35)33-40-13-5-12-34-16-24(29(38)19-6-2-8-21(36)14-19)27(23-10-4-11-26(31)28(23)32)25(17-34)30(39)20-7-3-9-22(37)15-20/h2-4,6-11,14-15,24-25,27,36-37H,5,12-13,16-17H2,1H3,(H,33,35)/t24-,25-/m0/s1. The molecule has 0 radical (unpaired) electrons. The van der Waals surface area contributed by atoms with Gasteiger partial charge in [-0.1, -0.05) is 59.6 Å². The highest BCUT2D eigenvalue weighted by Crippen LogP contribution is 2.45. The van der Waals surface area contributed by atoms with Crippen molar-refractivity contribution >= 4 is 40.7 Å². The summed E-state index contributed by atoms with van der Waals surface area (Å²) < 4.78 is 0. The van der Waals surface area contributed by atoms with E-state index in [0.717, 1.165) is 0 Å². The number of hydrogen-bond acceptors (Lipinski definition) is 7. The van der Waals surface area contributed by atoms with Crippen LogP contribution in [0.25, 0.3) is 0 Å². The summed E-state index contributed by atoms with van der Waals surface area (Å²) in [5, 5.41) is 20.7. The van der Waals surface area contributed by atoms with Crippen LogP contribution in [0.5, 0.6) is 11.5 Å². The Morgan fingerprint density at radius 1 is 0.900 bits per heavy atom. The van der Waals surface area contributed by atoms with Crippen molar-refractivity contribution in [1.29, 1.82) is 0 Å². The lowest BCUT2D eigenvalue weighted by Gasteiger charge is -2.43.